The minimum absolute atomic E-state index is 0.0383. The van der Waals surface area contributed by atoms with Crippen LogP contribution in [0.2, 0.25) is 0 Å². The molecule has 27 heavy (non-hydrogen) atoms. The quantitative estimate of drug-likeness (QED) is 0.210. The lowest BCUT2D eigenvalue weighted by Crippen LogP contribution is -2.30. The first-order chi connectivity index (χ1) is 15.5. The van der Waals surface area contributed by atoms with E-state index in [1.807, 2.05) is 52.4 Å². The Balaban J connectivity index is 2.11. The summed E-state index contributed by atoms with van der Waals surface area (Å²) < 4.78 is 53.2. The molecule has 0 aliphatic heterocycles. The van der Waals surface area contributed by atoms with Crippen LogP contribution in [0.3, 0.4) is 0 Å². The van der Waals surface area contributed by atoms with Crippen molar-refractivity contribution in [3.63, 3.8) is 0 Å². The fraction of sp³-hybridized carbons (Fsp3) is 0.167. The third kappa shape index (κ3) is 1.63. The van der Waals surface area contributed by atoms with Gasteiger partial charge in [-0.1, -0.05) is 24.3 Å². The van der Waals surface area contributed by atoms with Crippen LogP contribution in [0.25, 0.3) is 49.1 Å². The molecule has 0 fully saturated rings. The first-order valence-electron chi connectivity index (χ1n) is 11.9. The number of hydrogen-bond acceptors (Lipinski definition) is 1. The Kier molecular flexibility index (Phi) is 1.79. The van der Waals surface area contributed by atoms with Gasteiger partial charge in [-0.2, -0.15) is 0 Å². The number of rotatable bonds is 0. The molecule has 0 aliphatic carbocycles. The van der Waals surface area contributed by atoms with Gasteiger partial charge in [0.2, 0.25) is 0 Å². The molecule has 3 heterocycles. The Morgan fingerprint density at radius 1 is 0.963 bits per heavy atom. The van der Waals surface area contributed by atoms with Crippen LogP contribution in [0, 0.1) is 20.6 Å². The molecule has 0 N–H and O–H groups in total. The molecule has 6 aromatic rings. The number of aromatic nitrogens is 3. The van der Waals surface area contributed by atoms with E-state index >= 15 is 0 Å². The average Bonchev–Trinajstić information content (AvgIpc) is 3.07. The lowest BCUT2D eigenvalue weighted by atomic mass is 9.96. The molecule has 0 spiro atoms. The zero-order valence-corrected chi connectivity index (χ0v) is 15.0. The number of aryl methyl sites for hydroxylation is 4. The van der Waals surface area contributed by atoms with Gasteiger partial charge in [-0.3, -0.25) is 0 Å². The Morgan fingerprint density at radius 3 is 2.67 bits per heavy atom. The van der Waals surface area contributed by atoms with E-state index in [0.29, 0.717) is 16.5 Å². The fourth-order valence-corrected chi connectivity index (χ4v) is 4.59. The Hall–Kier alpha value is -3.20. The SMILES string of the molecule is [2H]C([2H])([2H])c1cc(C([2H])([2H])[2H])c2c(c1C)c1c3c(ccc4c5ccccc5n2c43)nc[n+]1C. The number of fused-ring (bicyclic) bond motifs is 6. The highest BCUT2D eigenvalue weighted by atomic mass is 15.0. The molecule has 6 rings (SSSR count). The second-order valence-electron chi connectivity index (χ2n) is 7.23. The van der Waals surface area contributed by atoms with Crippen LogP contribution in [-0.4, -0.2) is 9.38 Å². The number of nitrogens with zero attached hydrogens (tertiary/aromatic N) is 3. The standard InChI is InChI=1S/C24H20N3/c1-13-11-14(2)22-20(15(13)3)24-21-18(25-12-26(24)4)10-9-17-16-7-5-6-8-19(16)27(22)23(17)21/h5-12H,1-4H3/q+1/i1D3,2D3. The van der Waals surface area contributed by atoms with Crippen molar-refractivity contribution in [2.45, 2.75) is 20.6 Å². The van der Waals surface area contributed by atoms with Gasteiger partial charge in [0.15, 0.2) is 5.52 Å². The molecule has 3 aromatic carbocycles. The second-order valence-corrected chi connectivity index (χ2v) is 7.23. The van der Waals surface area contributed by atoms with E-state index in [1.165, 1.54) is 6.07 Å². The van der Waals surface area contributed by atoms with Crippen molar-refractivity contribution in [3.05, 3.63) is 65.5 Å². The fourth-order valence-electron chi connectivity index (χ4n) is 4.59. The summed E-state index contributed by atoms with van der Waals surface area (Å²) in [6.45, 7) is -3.19. The van der Waals surface area contributed by atoms with Crippen molar-refractivity contribution < 1.29 is 12.8 Å². The van der Waals surface area contributed by atoms with E-state index in [0.717, 1.165) is 38.2 Å². The molecule has 0 saturated carbocycles. The van der Waals surface area contributed by atoms with Crippen LogP contribution >= 0.6 is 0 Å². The minimum atomic E-state index is -2.51. The molecular weight excluding hydrogens is 330 g/mol. The van der Waals surface area contributed by atoms with Crippen LogP contribution in [0.15, 0.2) is 48.8 Å². The summed E-state index contributed by atoms with van der Waals surface area (Å²) in [6, 6.07) is 13.3. The van der Waals surface area contributed by atoms with Crippen molar-refractivity contribution in [2.24, 2.45) is 7.05 Å². The maximum Gasteiger partial charge on any atom is 0.287 e. The van der Waals surface area contributed by atoms with Crippen molar-refractivity contribution in [3.8, 4) is 0 Å². The van der Waals surface area contributed by atoms with Gasteiger partial charge in [0.25, 0.3) is 6.33 Å². The van der Waals surface area contributed by atoms with Gasteiger partial charge in [-0.15, -0.1) is 0 Å². The van der Waals surface area contributed by atoms with Crippen molar-refractivity contribution in [1.82, 2.24) is 9.38 Å². The van der Waals surface area contributed by atoms with Gasteiger partial charge in [-0.25, -0.2) is 4.57 Å². The highest BCUT2D eigenvalue weighted by Gasteiger charge is 2.25. The summed E-state index contributed by atoms with van der Waals surface area (Å²) in [5.74, 6) is 0. The number of hydrogen-bond donors (Lipinski definition) is 0. The van der Waals surface area contributed by atoms with E-state index in [1.54, 1.807) is 13.3 Å². The van der Waals surface area contributed by atoms with E-state index in [4.69, 9.17) is 8.22 Å². The van der Waals surface area contributed by atoms with Gasteiger partial charge in [0, 0.05) is 24.4 Å². The molecule has 3 nitrogen and oxygen atoms in total. The lowest BCUT2D eigenvalue weighted by molar-refractivity contribution is -0.646. The molecule has 0 saturated heterocycles. The molecular formula is C24H20N3+. The average molecular weight is 356 g/mol. The predicted octanol–water partition coefficient (Wildman–Crippen LogP) is 5.13. The van der Waals surface area contributed by atoms with Gasteiger partial charge in [0.05, 0.1) is 29.0 Å². The smallest absolute Gasteiger partial charge is 0.287 e. The maximum absolute atomic E-state index is 8.34. The Morgan fingerprint density at radius 2 is 1.81 bits per heavy atom. The second kappa shape index (κ2) is 4.74. The molecule has 0 bridgehead atoms. The molecule has 0 aliphatic rings. The zero-order valence-electron chi connectivity index (χ0n) is 21.0. The summed E-state index contributed by atoms with van der Waals surface area (Å²) in [5, 5.41) is 3.54. The molecule has 0 atom stereocenters. The van der Waals surface area contributed by atoms with Gasteiger partial charge in [0.1, 0.15) is 5.52 Å². The van der Waals surface area contributed by atoms with E-state index in [2.05, 4.69) is 4.98 Å². The Labute approximate surface area is 165 Å². The van der Waals surface area contributed by atoms with Gasteiger partial charge in [-0.05, 0) is 60.5 Å². The topological polar surface area (TPSA) is 21.2 Å². The molecule has 0 amide bonds. The number of benzene rings is 3. The predicted molar refractivity (Wildman–Crippen MR) is 112 cm³/mol. The zero-order chi connectivity index (χ0) is 23.4. The van der Waals surface area contributed by atoms with Crippen molar-refractivity contribution in [1.29, 1.82) is 0 Å². The van der Waals surface area contributed by atoms with Crippen LogP contribution in [0.1, 0.15) is 24.9 Å². The maximum atomic E-state index is 8.34. The molecule has 0 unspecified atom stereocenters. The first kappa shape index (κ1) is 10.2. The summed E-state index contributed by atoms with van der Waals surface area (Å²) in [4.78, 5) is 4.61. The summed E-state index contributed by atoms with van der Waals surface area (Å²) >= 11 is 0. The van der Waals surface area contributed by atoms with Gasteiger partial charge >= 0.3 is 0 Å². The van der Waals surface area contributed by atoms with E-state index in [-0.39, 0.29) is 11.1 Å². The number of pyridine rings is 1. The third-order valence-electron chi connectivity index (χ3n) is 5.79. The normalized spacial score (nSPS) is 16.7. The monoisotopic (exact) mass is 356 g/mol. The lowest BCUT2D eigenvalue weighted by Gasteiger charge is -2.16. The van der Waals surface area contributed by atoms with Crippen LogP contribution in [0.5, 0.6) is 0 Å². The summed E-state index contributed by atoms with van der Waals surface area (Å²) in [7, 11) is 1.86. The summed E-state index contributed by atoms with van der Waals surface area (Å²) in [5.41, 5.74) is 4.51. The molecule has 130 valence electrons. The highest BCUT2D eigenvalue weighted by Crippen LogP contribution is 2.41. The third-order valence-corrected chi connectivity index (χ3v) is 5.79. The van der Waals surface area contributed by atoms with Crippen LogP contribution < -0.4 is 4.57 Å². The van der Waals surface area contributed by atoms with Crippen molar-refractivity contribution in [2.75, 3.05) is 0 Å². The van der Waals surface area contributed by atoms with Crippen LogP contribution in [0.4, 0.5) is 0 Å². The van der Waals surface area contributed by atoms with Crippen molar-refractivity contribution >= 4 is 49.1 Å². The van der Waals surface area contributed by atoms with E-state index in [9.17, 15) is 0 Å². The molecule has 3 aromatic heterocycles. The molecule has 3 heteroatoms. The molecule has 0 radical (unpaired) electrons. The Bertz CT molecular complexity index is 1760. The number of para-hydroxylation sites is 1. The minimum Gasteiger partial charge on any atom is -0.307 e. The first-order valence-corrected chi connectivity index (χ1v) is 8.90. The van der Waals surface area contributed by atoms with Gasteiger partial charge < -0.3 is 4.40 Å². The highest BCUT2D eigenvalue weighted by molar-refractivity contribution is 6.26. The summed E-state index contributed by atoms with van der Waals surface area (Å²) in [6.07, 6.45) is 1.70. The van der Waals surface area contributed by atoms with Crippen LogP contribution in [-0.2, 0) is 7.05 Å². The largest absolute Gasteiger partial charge is 0.307 e. The van der Waals surface area contributed by atoms with E-state index < -0.39 is 13.7 Å².